The average Bonchev–Trinajstić information content (AvgIpc) is 3.26. The van der Waals surface area contributed by atoms with Crippen molar-refractivity contribution in [2.24, 2.45) is 0 Å². The zero-order chi connectivity index (χ0) is 23.2. The lowest BCUT2D eigenvalue weighted by atomic mass is 10.0. The molecule has 0 fully saturated rings. The number of ether oxygens (including phenoxy) is 1. The zero-order valence-corrected chi connectivity index (χ0v) is 18.8. The number of carbonyl (C=O) groups is 1. The second-order valence-corrected chi connectivity index (χ2v) is 8.19. The third-order valence-electron chi connectivity index (χ3n) is 5.90. The molecule has 1 aromatic heterocycles. The number of nitrogens with zero attached hydrogens (tertiary/aromatic N) is 1. The Bertz CT molecular complexity index is 1420. The van der Waals surface area contributed by atoms with Gasteiger partial charge < -0.3 is 9.30 Å². The van der Waals surface area contributed by atoms with E-state index in [0.717, 1.165) is 47.4 Å². The van der Waals surface area contributed by atoms with E-state index >= 15 is 0 Å². The molecular formula is C31H25NO2. The van der Waals surface area contributed by atoms with Crippen LogP contribution in [0.4, 0.5) is 0 Å². The first-order valence-corrected chi connectivity index (χ1v) is 11.4. The second-order valence-electron chi connectivity index (χ2n) is 8.19. The van der Waals surface area contributed by atoms with E-state index in [0.29, 0.717) is 0 Å². The fourth-order valence-electron chi connectivity index (χ4n) is 4.21. The van der Waals surface area contributed by atoms with Crippen LogP contribution in [0.1, 0.15) is 16.7 Å². The Labute approximate surface area is 199 Å². The Morgan fingerprint density at radius 2 is 1.44 bits per heavy atom. The Morgan fingerprint density at radius 3 is 2.18 bits per heavy atom. The Morgan fingerprint density at radius 1 is 0.735 bits per heavy atom. The van der Waals surface area contributed by atoms with Gasteiger partial charge in [-0.3, -0.25) is 4.79 Å². The van der Waals surface area contributed by atoms with Gasteiger partial charge in [0, 0.05) is 17.3 Å². The van der Waals surface area contributed by atoms with Crippen LogP contribution in [0.2, 0.25) is 0 Å². The summed E-state index contributed by atoms with van der Waals surface area (Å²) in [6, 6.07) is 34.9. The Hall–Kier alpha value is -4.37. The van der Waals surface area contributed by atoms with Gasteiger partial charge in [-0.1, -0.05) is 60.7 Å². The minimum atomic E-state index is 0.803. The number of carbonyl (C=O) groups excluding carboxylic acids is 1. The molecule has 0 radical (unpaired) electrons. The highest BCUT2D eigenvalue weighted by Crippen LogP contribution is 2.29. The van der Waals surface area contributed by atoms with E-state index < -0.39 is 0 Å². The lowest BCUT2D eigenvalue weighted by Crippen LogP contribution is -1.93. The van der Waals surface area contributed by atoms with Crippen LogP contribution >= 0.6 is 0 Å². The van der Waals surface area contributed by atoms with Crippen LogP contribution in [0.5, 0.6) is 11.5 Å². The van der Waals surface area contributed by atoms with E-state index in [1.807, 2.05) is 60.7 Å². The van der Waals surface area contributed by atoms with Crippen molar-refractivity contribution >= 4 is 23.3 Å². The van der Waals surface area contributed by atoms with E-state index in [1.165, 1.54) is 22.6 Å². The average molecular weight is 444 g/mol. The molecule has 3 heteroatoms. The van der Waals surface area contributed by atoms with Crippen LogP contribution in [0.25, 0.3) is 22.7 Å². The minimum Gasteiger partial charge on any atom is -0.457 e. The normalized spacial score (nSPS) is 11.2. The number of benzene rings is 4. The van der Waals surface area contributed by atoms with Crippen molar-refractivity contribution in [3.05, 3.63) is 132 Å². The van der Waals surface area contributed by atoms with Crippen LogP contribution < -0.4 is 4.74 Å². The van der Waals surface area contributed by atoms with E-state index in [4.69, 9.17) is 4.74 Å². The van der Waals surface area contributed by atoms with Crippen molar-refractivity contribution in [1.82, 2.24) is 4.57 Å². The molecule has 0 atom stereocenters. The van der Waals surface area contributed by atoms with Gasteiger partial charge in [0.05, 0.1) is 5.52 Å². The van der Waals surface area contributed by atoms with E-state index in [1.54, 1.807) is 0 Å². The van der Waals surface area contributed by atoms with Gasteiger partial charge in [-0.2, -0.15) is 0 Å². The Balaban J connectivity index is 1.48. The molecule has 5 rings (SSSR count). The molecule has 5 aromatic rings. The van der Waals surface area contributed by atoms with Gasteiger partial charge in [0.25, 0.3) is 0 Å². The highest BCUT2D eigenvalue weighted by atomic mass is 16.5. The predicted molar refractivity (Wildman–Crippen MR) is 139 cm³/mol. The van der Waals surface area contributed by atoms with Gasteiger partial charge in [-0.25, -0.2) is 0 Å². The largest absolute Gasteiger partial charge is 0.457 e. The van der Waals surface area contributed by atoms with E-state index in [-0.39, 0.29) is 0 Å². The number of hydrogen-bond acceptors (Lipinski definition) is 2. The fraction of sp³-hybridized carbons (Fsp3) is 0.0645. The molecule has 0 aliphatic rings. The topological polar surface area (TPSA) is 31.2 Å². The maximum absolute atomic E-state index is 10.8. The number of aldehydes is 1. The molecule has 34 heavy (non-hydrogen) atoms. The summed E-state index contributed by atoms with van der Waals surface area (Å²) >= 11 is 0. The van der Waals surface area contributed by atoms with Crippen LogP contribution in [0.3, 0.4) is 0 Å². The molecule has 0 amide bonds. The van der Waals surface area contributed by atoms with Gasteiger partial charge in [0.15, 0.2) is 0 Å². The molecule has 0 saturated carbocycles. The number of para-hydroxylation sites is 1. The monoisotopic (exact) mass is 443 g/mol. The molecule has 0 spiro atoms. The smallest absolute Gasteiger partial charge is 0.142 e. The highest BCUT2D eigenvalue weighted by molar-refractivity contribution is 5.88. The summed E-state index contributed by atoms with van der Waals surface area (Å²) in [7, 11) is 0. The zero-order valence-electron chi connectivity index (χ0n) is 18.8. The van der Waals surface area contributed by atoms with Crippen molar-refractivity contribution in [2.75, 3.05) is 0 Å². The first kappa shape index (κ1) is 21.5. The summed E-state index contributed by atoms with van der Waals surface area (Å²) in [6.07, 6.45) is 8.33. The van der Waals surface area contributed by atoms with Crippen molar-refractivity contribution in [2.45, 2.75) is 12.8 Å². The number of hydrogen-bond donors (Lipinski definition) is 0. The molecule has 3 nitrogen and oxygen atoms in total. The maximum atomic E-state index is 10.8. The summed E-state index contributed by atoms with van der Waals surface area (Å²) < 4.78 is 8.19. The van der Waals surface area contributed by atoms with Gasteiger partial charge in [0.2, 0.25) is 0 Å². The summed E-state index contributed by atoms with van der Waals surface area (Å²) in [5.41, 5.74) is 5.84. The molecule has 0 aliphatic heterocycles. The molecule has 0 bridgehead atoms. The van der Waals surface area contributed by atoms with Crippen LogP contribution in [0.15, 0.2) is 115 Å². The Kier molecular flexibility index (Phi) is 6.35. The fourth-order valence-corrected chi connectivity index (χ4v) is 4.21. The molecule has 0 unspecified atom stereocenters. The lowest BCUT2D eigenvalue weighted by molar-refractivity contribution is -0.104. The van der Waals surface area contributed by atoms with Crippen LogP contribution in [0, 0.1) is 0 Å². The second kappa shape index (κ2) is 10.1. The summed E-state index contributed by atoms with van der Waals surface area (Å²) in [6.45, 7) is 0. The molecule has 0 N–H and O–H groups in total. The standard InChI is InChI=1S/C31H25NO2/c33-21-7-10-25-14-20-31-30(22-25)26(15-13-24-8-3-1-4-9-24)23-32(31)27-16-18-29(19-17-27)34-28-11-5-2-6-12-28/h1-12,14,16-23H,13,15H2/b10-7+. The quantitative estimate of drug-likeness (QED) is 0.185. The first-order valence-electron chi connectivity index (χ1n) is 11.4. The third kappa shape index (κ3) is 4.84. The SMILES string of the molecule is O=C/C=C/c1ccc2c(c1)c(CCc1ccccc1)cn2-c1ccc(Oc2ccccc2)cc1. The molecule has 1 heterocycles. The van der Waals surface area contributed by atoms with Crippen molar-refractivity contribution in [3.63, 3.8) is 0 Å². The maximum Gasteiger partial charge on any atom is 0.142 e. The van der Waals surface area contributed by atoms with E-state index in [2.05, 4.69) is 59.3 Å². The van der Waals surface area contributed by atoms with Crippen LogP contribution in [-0.2, 0) is 17.6 Å². The number of allylic oxidation sites excluding steroid dienone is 1. The highest BCUT2D eigenvalue weighted by Gasteiger charge is 2.11. The molecular weight excluding hydrogens is 418 g/mol. The number of aromatic nitrogens is 1. The third-order valence-corrected chi connectivity index (χ3v) is 5.90. The van der Waals surface area contributed by atoms with E-state index in [9.17, 15) is 4.79 Å². The minimum absolute atomic E-state index is 0.803. The van der Waals surface area contributed by atoms with Gasteiger partial charge >= 0.3 is 0 Å². The van der Waals surface area contributed by atoms with Crippen molar-refractivity contribution in [1.29, 1.82) is 0 Å². The van der Waals surface area contributed by atoms with Crippen molar-refractivity contribution < 1.29 is 9.53 Å². The van der Waals surface area contributed by atoms with Gasteiger partial charge in [0.1, 0.15) is 17.8 Å². The first-order chi connectivity index (χ1) is 16.8. The molecule has 0 aliphatic carbocycles. The number of fused-ring (bicyclic) bond motifs is 1. The van der Waals surface area contributed by atoms with Gasteiger partial charge in [-0.15, -0.1) is 0 Å². The molecule has 166 valence electrons. The number of aryl methyl sites for hydroxylation is 2. The summed E-state index contributed by atoms with van der Waals surface area (Å²) in [5.74, 6) is 1.62. The number of rotatable bonds is 8. The predicted octanol–water partition coefficient (Wildman–Crippen LogP) is 7.42. The summed E-state index contributed by atoms with van der Waals surface area (Å²) in [4.78, 5) is 10.8. The molecule has 0 saturated heterocycles. The molecule has 4 aromatic carbocycles. The van der Waals surface area contributed by atoms with Crippen molar-refractivity contribution in [3.8, 4) is 17.2 Å². The van der Waals surface area contributed by atoms with Crippen LogP contribution in [-0.4, -0.2) is 10.9 Å². The summed E-state index contributed by atoms with van der Waals surface area (Å²) in [5, 5.41) is 1.20. The lowest BCUT2D eigenvalue weighted by Gasteiger charge is -2.09. The van der Waals surface area contributed by atoms with Gasteiger partial charge in [-0.05, 0) is 84.1 Å².